The topological polar surface area (TPSA) is 52.1 Å². The molecule has 56 heavy (non-hydrogen) atoms. The van der Waals surface area contributed by atoms with Crippen LogP contribution < -0.4 is 0 Å². The minimum absolute atomic E-state index is 0. The molecule has 0 spiro atoms. The van der Waals surface area contributed by atoms with Crippen molar-refractivity contribution < 1.29 is 28.9 Å². The largest absolute Gasteiger partial charge is 0.455 e. The molecule has 0 aliphatic rings. The maximum absolute atomic E-state index is 6.80. The van der Waals surface area contributed by atoms with Gasteiger partial charge in [0.25, 0.3) is 0 Å². The van der Waals surface area contributed by atoms with Crippen LogP contribution in [0.25, 0.3) is 99.1 Å². The average Bonchev–Trinajstić information content (AvgIpc) is 3.80. The Kier molecular flexibility index (Phi) is 9.05. The molecule has 0 saturated carbocycles. The average molecular weight is 899 g/mol. The van der Waals surface area contributed by atoms with E-state index in [4.69, 9.17) is 8.83 Å². The molecule has 0 aliphatic heterocycles. The van der Waals surface area contributed by atoms with Crippen molar-refractivity contribution in [2.75, 3.05) is 0 Å². The summed E-state index contributed by atoms with van der Waals surface area (Å²) in [5, 5.41) is 8.85. The molecule has 5 heteroatoms. The number of aromatic nitrogens is 2. The molecule has 4 aromatic heterocycles. The molecule has 0 amide bonds. The first kappa shape index (κ1) is 35.3. The number of hydrogen-bond donors (Lipinski definition) is 0. The van der Waals surface area contributed by atoms with Gasteiger partial charge in [0.05, 0.1) is 5.56 Å². The standard InChI is InChI=1S/C37H20NO2.C14H14N.Ir/c1-2-10-24(11-3-1)32-20-25(18-19-38-32)33-36-30(28-16-14-22-8-4-6-12-26(22)34(28)39-36)21-31-29-17-15-23-9-5-7-13-27(23)35(29)40-37(31)33;1-10-4-6-13(7-5-10)14-8-11(2)12(3)9-15-14;/h1-10,12-21H;4-6,8-9H,1-3H3;/q2*-1;. The smallest absolute Gasteiger partial charge is 0.147 e. The van der Waals surface area contributed by atoms with E-state index < -0.39 is 0 Å². The van der Waals surface area contributed by atoms with Crippen molar-refractivity contribution in [2.24, 2.45) is 0 Å². The maximum atomic E-state index is 6.80. The minimum atomic E-state index is 0. The molecule has 0 saturated heterocycles. The van der Waals surface area contributed by atoms with Crippen molar-refractivity contribution in [2.45, 2.75) is 20.8 Å². The molecule has 11 rings (SSSR count). The molecule has 0 bridgehead atoms. The second-order valence-corrected chi connectivity index (χ2v) is 14.2. The molecule has 11 aromatic rings. The SMILES string of the molecule is Cc1c[c-]c(-c2cc(C)c(C)cn2)cc1.[Ir].[c-]1ccccc1-c1cc(-c2c3oc4c5ccccc5ccc4c3cc3c2oc2c4ccccc4ccc32)ccn1. The van der Waals surface area contributed by atoms with Crippen LogP contribution in [0.5, 0.6) is 0 Å². The number of pyridine rings is 2. The van der Waals surface area contributed by atoms with Gasteiger partial charge in [-0.25, -0.2) is 0 Å². The number of fused-ring (bicyclic) bond motifs is 10. The second-order valence-electron chi connectivity index (χ2n) is 14.2. The van der Waals surface area contributed by atoms with Gasteiger partial charge in [0, 0.05) is 64.8 Å². The van der Waals surface area contributed by atoms with Gasteiger partial charge in [-0.3, -0.25) is 0 Å². The Morgan fingerprint density at radius 1 is 0.482 bits per heavy atom. The van der Waals surface area contributed by atoms with Crippen LogP contribution in [0.1, 0.15) is 16.7 Å². The Hall–Kier alpha value is -6.39. The van der Waals surface area contributed by atoms with Gasteiger partial charge in [0.15, 0.2) is 0 Å². The monoisotopic (exact) mass is 899 g/mol. The molecule has 0 N–H and O–H groups in total. The second kappa shape index (κ2) is 14.4. The first-order chi connectivity index (χ1) is 27.0. The zero-order valence-electron chi connectivity index (χ0n) is 31.0. The summed E-state index contributed by atoms with van der Waals surface area (Å²) in [6.07, 6.45) is 3.77. The van der Waals surface area contributed by atoms with E-state index in [0.717, 1.165) is 99.1 Å². The summed E-state index contributed by atoms with van der Waals surface area (Å²) in [7, 11) is 0. The van der Waals surface area contributed by atoms with E-state index in [9.17, 15) is 0 Å². The van der Waals surface area contributed by atoms with E-state index >= 15 is 0 Å². The summed E-state index contributed by atoms with van der Waals surface area (Å²) in [5.41, 5.74) is 12.9. The molecule has 0 aliphatic carbocycles. The van der Waals surface area contributed by atoms with Gasteiger partial charge < -0.3 is 18.8 Å². The Morgan fingerprint density at radius 2 is 1.11 bits per heavy atom. The first-order valence-electron chi connectivity index (χ1n) is 18.5. The van der Waals surface area contributed by atoms with Crippen LogP contribution in [-0.4, -0.2) is 9.97 Å². The Bertz CT molecular complexity index is 3110. The van der Waals surface area contributed by atoms with Crippen LogP contribution in [0.2, 0.25) is 0 Å². The van der Waals surface area contributed by atoms with Gasteiger partial charge in [-0.2, -0.15) is 0 Å². The maximum Gasteiger partial charge on any atom is 0.147 e. The van der Waals surface area contributed by atoms with Gasteiger partial charge >= 0.3 is 0 Å². The van der Waals surface area contributed by atoms with Gasteiger partial charge in [-0.15, -0.1) is 71.3 Å². The number of aryl methyl sites for hydroxylation is 3. The van der Waals surface area contributed by atoms with Crippen LogP contribution in [0.3, 0.4) is 0 Å². The Labute approximate surface area is 337 Å². The molecule has 1 radical (unpaired) electrons. The third kappa shape index (κ3) is 6.06. The minimum Gasteiger partial charge on any atom is -0.455 e. The molecule has 0 fully saturated rings. The van der Waals surface area contributed by atoms with E-state index in [2.05, 4.69) is 146 Å². The molecular weight excluding hydrogens is 865 g/mol. The van der Waals surface area contributed by atoms with E-state index in [0.29, 0.717) is 0 Å². The number of furan rings is 2. The van der Waals surface area contributed by atoms with E-state index in [-0.39, 0.29) is 20.1 Å². The van der Waals surface area contributed by atoms with Crippen molar-refractivity contribution in [1.82, 2.24) is 9.97 Å². The molecule has 4 heterocycles. The third-order valence-electron chi connectivity index (χ3n) is 10.6. The van der Waals surface area contributed by atoms with E-state index in [1.807, 2.05) is 48.8 Å². The van der Waals surface area contributed by atoms with E-state index in [1.54, 1.807) is 0 Å². The van der Waals surface area contributed by atoms with Crippen LogP contribution in [0.15, 0.2) is 161 Å². The number of hydrogen-bond acceptors (Lipinski definition) is 4. The van der Waals surface area contributed by atoms with Gasteiger partial charge in [-0.1, -0.05) is 85.3 Å². The van der Waals surface area contributed by atoms with Crippen molar-refractivity contribution in [1.29, 1.82) is 0 Å². The van der Waals surface area contributed by atoms with Crippen molar-refractivity contribution in [3.8, 4) is 33.6 Å². The fourth-order valence-electron chi connectivity index (χ4n) is 7.58. The summed E-state index contributed by atoms with van der Waals surface area (Å²) in [5.74, 6) is 0. The number of rotatable bonds is 3. The molecule has 0 unspecified atom stereocenters. The fraction of sp³-hybridized carbons (Fsp3) is 0.0588. The fourth-order valence-corrected chi connectivity index (χ4v) is 7.58. The zero-order chi connectivity index (χ0) is 37.0. The quantitative estimate of drug-likeness (QED) is 0.166. The van der Waals surface area contributed by atoms with Crippen molar-refractivity contribution in [3.63, 3.8) is 0 Å². The zero-order valence-corrected chi connectivity index (χ0v) is 33.4. The van der Waals surface area contributed by atoms with Gasteiger partial charge in [0.1, 0.15) is 22.3 Å². The molecule has 0 atom stereocenters. The van der Waals surface area contributed by atoms with Crippen LogP contribution in [-0.2, 0) is 20.1 Å². The summed E-state index contributed by atoms with van der Waals surface area (Å²) in [4.78, 5) is 9.08. The third-order valence-corrected chi connectivity index (χ3v) is 10.6. The molecule has 271 valence electrons. The van der Waals surface area contributed by atoms with Crippen LogP contribution in [0.4, 0.5) is 0 Å². The summed E-state index contributed by atoms with van der Waals surface area (Å²) < 4.78 is 13.6. The van der Waals surface area contributed by atoms with Crippen molar-refractivity contribution >= 4 is 65.4 Å². The predicted octanol–water partition coefficient (Wildman–Crippen LogP) is 13.8. The summed E-state index contributed by atoms with van der Waals surface area (Å²) in [6, 6.07) is 54.5. The van der Waals surface area contributed by atoms with Gasteiger partial charge in [0.2, 0.25) is 0 Å². The summed E-state index contributed by atoms with van der Waals surface area (Å²) in [6.45, 7) is 6.24. The Morgan fingerprint density at radius 3 is 1.71 bits per heavy atom. The van der Waals surface area contributed by atoms with Crippen molar-refractivity contribution in [3.05, 3.63) is 181 Å². The molecule has 7 aromatic carbocycles. The molecular formula is C51H34IrN2O2-2. The number of nitrogens with zero attached hydrogens (tertiary/aromatic N) is 2. The van der Waals surface area contributed by atoms with Gasteiger partial charge in [-0.05, 0) is 71.4 Å². The predicted molar refractivity (Wildman–Crippen MR) is 226 cm³/mol. The normalized spacial score (nSPS) is 11.3. The summed E-state index contributed by atoms with van der Waals surface area (Å²) >= 11 is 0. The number of benzene rings is 7. The molecule has 4 nitrogen and oxygen atoms in total. The first-order valence-corrected chi connectivity index (χ1v) is 18.5. The Balaban J connectivity index is 0.000000217. The van der Waals surface area contributed by atoms with Crippen LogP contribution >= 0.6 is 0 Å². The van der Waals surface area contributed by atoms with E-state index in [1.165, 1.54) is 16.7 Å². The van der Waals surface area contributed by atoms with Crippen LogP contribution in [0, 0.1) is 32.9 Å².